The first-order valence-electron chi connectivity index (χ1n) is 6.22. The van der Waals surface area contributed by atoms with Crippen LogP contribution in [0.25, 0.3) is 0 Å². The third-order valence-electron chi connectivity index (χ3n) is 2.88. The van der Waals surface area contributed by atoms with Crippen LogP contribution < -0.4 is 5.32 Å². The van der Waals surface area contributed by atoms with Gasteiger partial charge in [-0.3, -0.25) is 4.79 Å². The molecule has 2 rings (SSSR count). The predicted molar refractivity (Wildman–Crippen MR) is 67.6 cm³/mol. The van der Waals surface area contributed by atoms with Crippen molar-refractivity contribution in [2.75, 3.05) is 13.2 Å². The minimum absolute atomic E-state index is 0.0551. The largest absolute Gasteiger partial charge is 0.488 e. The minimum Gasteiger partial charge on any atom is -0.488 e. The van der Waals surface area contributed by atoms with Crippen LogP contribution in [0.5, 0.6) is 0 Å². The molecular formula is C14H16FNO3. The SMILES string of the molecule is O=C(NCC(O)c1ccccc1F)C1=CCCCO1. The number of benzene rings is 1. The van der Waals surface area contributed by atoms with Crippen molar-refractivity contribution in [3.05, 3.63) is 47.5 Å². The highest BCUT2D eigenvalue weighted by Crippen LogP contribution is 2.16. The van der Waals surface area contributed by atoms with E-state index in [4.69, 9.17) is 4.74 Å². The molecule has 5 heteroatoms. The standard InChI is InChI=1S/C14H16FNO3/c15-11-6-2-1-5-10(11)12(17)9-16-14(18)13-7-3-4-8-19-13/h1-2,5-7,12,17H,3-4,8-9H2,(H,16,18). The summed E-state index contributed by atoms with van der Waals surface area (Å²) in [5.41, 5.74) is 0.168. The van der Waals surface area contributed by atoms with Crippen molar-refractivity contribution >= 4 is 5.91 Å². The van der Waals surface area contributed by atoms with Crippen LogP contribution in [-0.2, 0) is 9.53 Å². The Morgan fingerprint density at radius 3 is 2.95 bits per heavy atom. The number of carbonyl (C=O) groups is 1. The van der Waals surface area contributed by atoms with Crippen molar-refractivity contribution in [2.24, 2.45) is 0 Å². The fraction of sp³-hybridized carbons (Fsp3) is 0.357. The first-order valence-corrected chi connectivity index (χ1v) is 6.22. The number of amides is 1. The van der Waals surface area contributed by atoms with E-state index in [1.54, 1.807) is 18.2 Å². The predicted octanol–water partition coefficient (Wildman–Crippen LogP) is 1.67. The molecule has 0 saturated carbocycles. The van der Waals surface area contributed by atoms with Gasteiger partial charge in [-0.25, -0.2) is 4.39 Å². The quantitative estimate of drug-likeness (QED) is 0.870. The second-order valence-corrected chi connectivity index (χ2v) is 4.31. The van der Waals surface area contributed by atoms with Gasteiger partial charge in [-0.05, 0) is 25.0 Å². The van der Waals surface area contributed by atoms with Gasteiger partial charge < -0.3 is 15.2 Å². The number of ether oxygens (including phenoxy) is 1. The Labute approximate surface area is 110 Å². The number of halogens is 1. The molecule has 0 aliphatic carbocycles. The van der Waals surface area contributed by atoms with Gasteiger partial charge in [-0.1, -0.05) is 18.2 Å². The molecule has 1 aromatic carbocycles. The van der Waals surface area contributed by atoms with Crippen molar-refractivity contribution in [3.63, 3.8) is 0 Å². The van der Waals surface area contributed by atoms with Crippen LogP contribution in [0.4, 0.5) is 4.39 Å². The molecule has 1 amide bonds. The highest BCUT2D eigenvalue weighted by molar-refractivity contribution is 5.91. The highest BCUT2D eigenvalue weighted by Gasteiger charge is 2.17. The highest BCUT2D eigenvalue weighted by atomic mass is 19.1. The lowest BCUT2D eigenvalue weighted by Gasteiger charge is -2.16. The summed E-state index contributed by atoms with van der Waals surface area (Å²) < 4.78 is 18.6. The van der Waals surface area contributed by atoms with Crippen LogP contribution in [0.15, 0.2) is 36.1 Å². The number of aliphatic hydroxyl groups is 1. The maximum atomic E-state index is 13.4. The van der Waals surface area contributed by atoms with Gasteiger partial charge in [0.15, 0.2) is 5.76 Å². The zero-order valence-electron chi connectivity index (χ0n) is 10.4. The van der Waals surface area contributed by atoms with E-state index in [1.165, 1.54) is 12.1 Å². The fourth-order valence-corrected chi connectivity index (χ4v) is 1.85. The molecule has 4 nitrogen and oxygen atoms in total. The normalized spacial score (nSPS) is 16.2. The van der Waals surface area contributed by atoms with E-state index in [0.717, 1.165) is 12.8 Å². The maximum absolute atomic E-state index is 13.4. The van der Waals surface area contributed by atoms with Gasteiger partial charge >= 0.3 is 0 Å². The Kier molecular flexibility index (Phi) is 4.52. The van der Waals surface area contributed by atoms with Gasteiger partial charge in [-0.15, -0.1) is 0 Å². The van der Waals surface area contributed by atoms with E-state index in [1.807, 2.05) is 0 Å². The topological polar surface area (TPSA) is 58.6 Å². The van der Waals surface area contributed by atoms with Crippen molar-refractivity contribution in [3.8, 4) is 0 Å². The molecule has 0 saturated heterocycles. The number of nitrogens with one attached hydrogen (secondary N) is 1. The Hall–Kier alpha value is -1.88. The number of allylic oxidation sites excluding steroid dienone is 1. The summed E-state index contributed by atoms with van der Waals surface area (Å²) >= 11 is 0. The van der Waals surface area contributed by atoms with Crippen molar-refractivity contribution in [1.29, 1.82) is 0 Å². The molecule has 1 atom stereocenters. The van der Waals surface area contributed by atoms with Crippen molar-refractivity contribution in [1.82, 2.24) is 5.32 Å². The number of carbonyl (C=O) groups excluding carboxylic acids is 1. The molecule has 1 aliphatic rings. The van der Waals surface area contributed by atoms with Crippen molar-refractivity contribution < 1.29 is 19.0 Å². The van der Waals surface area contributed by atoms with Gasteiger partial charge in [0.05, 0.1) is 12.7 Å². The van der Waals surface area contributed by atoms with Gasteiger partial charge in [0.2, 0.25) is 0 Å². The average Bonchev–Trinajstić information content (AvgIpc) is 2.46. The molecule has 102 valence electrons. The van der Waals surface area contributed by atoms with E-state index < -0.39 is 11.9 Å². The van der Waals surface area contributed by atoms with E-state index in [9.17, 15) is 14.3 Å². The molecule has 1 unspecified atom stereocenters. The first kappa shape index (κ1) is 13.5. The van der Waals surface area contributed by atoms with Crippen LogP contribution in [0.1, 0.15) is 24.5 Å². The van der Waals surface area contributed by atoms with Gasteiger partial charge in [-0.2, -0.15) is 0 Å². The van der Waals surface area contributed by atoms with Gasteiger partial charge in [0.1, 0.15) is 5.82 Å². The van der Waals surface area contributed by atoms with Crippen LogP contribution in [0.2, 0.25) is 0 Å². The lowest BCUT2D eigenvalue weighted by molar-refractivity contribution is -0.121. The second-order valence-electron chi connectivity index (χ2n) is 4.31. The lowest BCUT2D eigenvalue weighted by atomic mass is 10.1. The third-order valence-corrected chi connectivity index (χ3v) is 2.88. The van der Waals surface area contributed by atoms with Gasteiger partial charge in [0, 0.05) is 12.1 Å². The molecule has 0 radical (unpaired) electrons. The Morgan fingerprint density at radius 1 is 1.47 bits per heavy atom. The lowest BCUT2D eigenvalue weighted by Crippen LogP contribution is -2.31. The van der Waals surface area contributed by atoms with E-state index in [0.29, 0.717) is 6.61 Å². The smallest absolute Gasteiger partial charge is 0.286 e. The summed E-state index contributed by atoms with van der Waals surface area (Å²) in [5.74, 6) is -0.598. The molecule has 1 aliphatic heterocycles. The summed E-state index contributed by atoms with van der Waals surface area (Å²) in [4.78, 5) is 11.7. The molecule has 0 fully saturated rings. The molecular weight excluding hydrogens is 249 g/mol. The number of hydrogen-bond acceptors (Lipinski definition) is 3. The summed E-state index contributed by atoms with van der Waals surface area (Å²) in [6.07, 6.45) is 2.34. The zero-order valence-corrected chi connectivity index (χ0v) is 10.4. The molecule has 0 bridgehead atoms. The average molecular weight is 265 g/mol. The number of aliphatic hydroxyl groups excluding tert-OH is 1. The second kappa shape index (κ2) is 6.33. The summed E-state index contributed by atoms with van der Waals surface area (Å²) in [5, 5.41) is 12.4. The van der Waals surface area contributed by atoms with E-state index in [2.05, 4.69) is 5.32 Å². The van der Waals surface area contributed by atoms with Crippen molar-refractivity contribution in [2.45, 2.75) is 18.9 Å². The molecule has 1 heterocycles. The van der Waals surface area contributed by atoms with E-state index >= 15 is 0 Å². The molecule has 0 spiro atoms. The number of hydrogen-bond donors (Lipinski definition) is 2. The van der Waals surface area contributed by atoms with Gasteiger partial charge in [0.25, 0.3) is 5.91 Å². The summed E-state index contributed by atoms with van der Waals surface area (Å²) in [7, 11) is 0. The minimum atomic E-state index is -1.07. The summed E-state index contributed by atoms with van der Waals surface area (Å²) in [6, 6.07) is 5.94. The van der Waals surface area contributed by atoms with E-state index in [-0.39, 0.29) is 23.8 Å². The fourth-order valence-electron chi connectivity index (χ4n) is 1.85. The monoisotopic (exact) mass is 265 g/mol. The maximum Gasteiger partial charge on any atom is 0.286 e. The van der Waals surface area contributed by atoms with Crippen LogP contribution in [0, 0.1) is 5.82 Å². The molecule has 1 aromatic rings. The Morgan fingerprint density at radius 2 is 2.26 bits per heavy atom. The molecule has 2 N–H and O–H groups in total. The molecule has 0 aromatic heterocycles. The zero-order chi connectivity index (χ0) is 13.7. The Bertz CT molecular complexity index is 487. The third kappa shape index (κ3) is 3.54. The summed E-state index contributed by atoms with van der Waals surface area (Å²) in [6.45, 7) is 0.468. The van der Waals surface area contributed by atoms with Crippen LogP contribution >= 0.6 is 0 Å². The molecule has 19 heavy (non-hydrogen) atoms. The number of rotatable bonds is 4. The Balaban J connectivity index is 1.90. The van der Waals surface area contributed by atoms with Crippen LogP contribution in [-0.4, -0.2) is 24.2 Å². The first-order chi connectivity index (χ1) is 9.18. The van der Waals surface area contributed by atoms with Crippen LogP contribution in [0.3, 0.4) is 0 Å².